The Kier molecular flexibility index (Phi) is 7.09. The van der Waals surface area contributed by atoms with Gasteiger partial charge in [0.15, 0.2) is 5.17 Å². The fourth-order valence-corrected chi connectivity index (χ4v) is 4.70. The van der Waals surface area contributed by atoms with Gasteiger partial charge in [0, 0.05) is 24.2 Å². The summed E-state index contributed by atoms with van der Waals surface area (Å²) in [6, 6.07) is 20.8. The fraction of sp³-hybridized carbons (Fsp3) is 0.208. The van der Waals surface area contributed by atoms with Crippen LogP contribution in [-0.2, 0) is 14.3 Å². The quantitative estimate of drug-likeness (QED) is 0.524. The summed E-state index contributed by atoms with van der Waals surface area (Å²) in [5, 5.41) is 5.68. The summed E-state index contributed by atoms with van der Waals surface area (Å²) in [7, 11) is 1.58. The SMILES string of the molecule is COCCN1C(=O)[C@H](CC(=O)Nc2ccc3ccccc3c2)SC1=Nc1ccc(Cl)cc1. The lowest BCUT2D eigenvalue weighted by Gasteiger charge is -2.15. The second kappa shape index (κ2) is 10.2. The average Bonchev–Trinajstić information content (AvgIpc) is 3.07. The number of thioether (sulfide) groups is 1. The van der Waals surface area contributed by atoms with Crippen LogP contribution in [0.3, 0.4) is 0 Å². The number of nitrogens with zero attached hydrogens (tertiary/aromatic N) is 2. The molecule has 0 radical (unpaired) electrons. The third-order valence-corrected chi connectivity index (χ3v) is 6.42. The molecule has 0 aliphatic carbocycles. The van der Waals surface area contributed by atoms with Crippen LogP contribution >= 0.6 is 23.4 Å². The van der Waals surface area contributed by atoms with Gasteiger partial charge in [-0.25, -0.2) is 4.99 Å². The summed E-state index contributed by atoms with van der Waals surface area (Å²) in [5.74, 6) is -0.362. The topological polar surface area (TPSA) is 71.0 Å². The number of anilines is 1. The Bertz CT molecular complexity index is 1170. The Morgan fingerprint density at radius 2 is 1.88 bits per heavy atom. The maximum absolute atomic E-state index is 13.0. The van der Waals surface area contributed by atoms with E-state index < -0.39 is 5.25 Å². The first-order chi connectivity index (χ1) is 15.5. The third-order valence-electron chi connectivity index (χ3n) is 4.99. The molecule has 1 aliphatic heterocycles. The number of halogens is 1. The third kappa shape index (κ3) is 5.30. The molecule has 1 heterocycles. The summed E-state index contributed by atoms with van der Waals surface area (Å²) in [4.78, 5) is 31.9. The number of hydrogen-bond acceptors (Lipinski definition) is 5. The van der Waals surface area contributed by atoms with Gasteiger partial charge in [-0.1, -0.05) is 53.7 Å². The first-order valence-corrected chi connectivity index (χ1v) is 11.4. The number of carbonyl (C=O) groups excluding carboxylic acids is 2. The van der Waals surface area contributed by atoms with Crippen molar-refractivity contribution in [3.05, 3.63) is 71.8 Å². The van der Waals surface area contributed by atoms with Crippen LogP contribution in [0.1, 0.15) is 6.42 Å². The van der Waals surface area contributed by atoms with Crippen LogP contribution in [-0.4, -0.2) is 47.4 Å². The van der Waals surface area contributed by atoms with Crippen LogP contribution in [0.5, 0.6) is 0 Å². The summed E-state index contributed by atoms with van der Waals surface area (Å²) in [6.07, 6.45) is 0.0550. The van der Waals surface area contributed by atoms with Crippen LogP contribution < -0.4 is 5.32 Å². The van der Waals surface area contributed by atoms with E-state index in [-0.39, 0.29) is 18.2 Å². The van der Waals surface area contributed by atoms with E-state index in [4.69, 9.17) is 16.3 Å². The van der Waals surface area contributed by atoms with E-state index in [0.717, 1.165) is 10.8 Å². The van der Waals surface area contributed by atoms with Gasteiger partial charge in [-0.3, -0.25) is 14.5 Å². The van der Waals surface area contributed by atoms with Crippen molar-refractivity contribution in [3.63, 3.8) is 0 Å². The molecular formula is C24H22ClN3O3S. The minimum absolute atomic E-state index is 0.0550. The molecule has 0 bridgehead atoms. The standard InChI is InChI=1S/C24H22ClN3O3S/c1-31-13-12-28-23(30)21(32-24(28)27-19-10-7-18(25)8-11-19)15-22(29)26-20-9-6-16-4-2-3-5-17(16)14-20/h2-11,14,21H,12-13,15H2,1H3,(H,26,29)/t21-/m0/s1. The average molecular weight is 468 g/mol. The van der Waals surface area contributed by atoms with E-state index >= 15 is 0 Å². The summed E-state index contributed by atoms with van der Waals surface area (Å²) >= 11 is 7.24. The van der Waals surface area contributed by atoms with Crippen LogP contribution in [0.4, 0.5) is 11.4 Å². The molecule has 8 heteroatoms. The van der Waals surface area contributed by atoms with Crippen molar-refractivity contribution in [2.24, 2.45) is 4.99 Å². The highest BCUT2D eigenvalue weighted by Gasteiger charge is 2.39. The van der Waals surface area contributed by atoms with E-state index in [0.29, 0.717) is 34.7 Å². The predicted molar refractivity (Wildman–Crippen MR) is 131 cm³/mol. The normalized spacial score (nSPS) is 17.3. The second-order valence-corrected chi connectivity index (χ2v) is 8.88. The zero-order chi connectivity index (χ0) is 22.5. The number of rotatable bonds is 7. The highest BCUT2D eigenvalue weighted by Crippen LogP contribution is 2.32. The molecule has 4 rings (SSSR count). The molecule has 1 aliphatic rings. The number of carbonyl (C=O) groups is 2. The molecule has 1 N–H and O–H groups in total. The lowest BCUT2D eigenvalue weighted by molar-refractivity contribution is -0.128. The molecule has 1 fully saturated rings. The Morgan fingerprint density at radius 1 is 1.12 bits per heavy atom. The Balaban J connectivity index is 1.47. The summed E-state index contributed by atoms with van der Waals surface area (Å²) < 4.78 is 5.14. The van der Waals surface area contributed by atoms with Gasteiger partial charge >= 0.3 is 0 Å². The summed E-state index contributed by atoms with van der Waals surface area (Å²) in [6.45, 7) is 0.749. The van der Waals surface area contributed by atoms with E-state index in [1.165, 1.54) is 11.8 Å². The van der Waals surface area contributed by atoms with Crippen molar-refractivity contribution >= 4 is 62.5 Å². The minimum atomic E-state index is -0.543. The number of benzene rings is 3. The Hall–Kier alpha value is -2.87. The van der Waals surface area contributed by atoms with Crippen molar-refractivity contribution in [1.29, 1.82) is 0 Å². The molecule has 164 valence electrons. The van der Waals surface area contributed by atoms with Crippen LogP contribution in [0.25, 0.3) is 10.8 Å². The first kappa shape index (κ1) is 22.3. The number of fused-ring (bicyclic) bond motifs is 1. The minimum Gasteiger partial charge on any atom is -0.383 e. The van der Waals surface area contributed by atoms with Gasteiger partial charge in [0.1, 0.15) is 5.25 Å². The number of amidine groups is 1. The molecule has 0 saturated carbocycles. The monoisotopic (exact) mass is 467 g/mol. The van der Waals surface area contributed by atoms with Gasteiger partial charge in [0.2, 0.25) is 11.8 Å². The zero-order valence-corrected chi connectivity index (χ0v) is 19.0. The first-order valence-electron chi connectivity index (χ1n) is 10.1. The molecule has 3 aromatic carbocycles. The Labute approximate surface area is 195 Å². The zero-order valence-electron chi connectivity index (χ0n) is 17.5. The Morgan fingerprint density at radius 3 is 2.62 bits per heavy atom. The van der Waals surface area contributed by atoms with Gasteiger partial charge < -0.3 is 10.1 Å². The van der Waals surface area contributed by atoms with E-state index in [1.807, 2.05) is 42.5 Å². The molecule has 1 saturated heterocycles. The number of nitrogens with one attached hydrogen (secondary N) is 1. The van der Waals surface area contributed by atoms with Crippen molar-refractivity contribution in [1.82, 2.24) is 4.90 Å². The van der Waals surface area contributed by atoms with E-state index in [9.17, 15) is 9.59 Å². The van der Waals surface area contributed by atoms with Gasteiger partial charge in [0.25, 0.3) is 0 Å². The maximum Gasteiger partial charge on any atom is 0.242 e. The van der Waals surface area contributed by atoms with Crippen molar-refractivity contribution in [2.75, 3.05) is 25.6 Å². The predicted octanol–water partition coefficient (Wildman–Crippen LogP) is 5.10. The molecule has 2 amide bonds. The van der Waals surface area contributed by atoms with Crippen LogP contribution in [0, 0.1) is 0 Å². The second-order valence-electron chi connectivity index (χ2n) is 7.27. The molecule has 0 spiro atoms. The van der Waals surface area contributed by atoms with Gasteiger partial charge in [0.05, 0.1) is 18.8 Å². The largest absolute Gasteiger partial charge is 0.383 e. The number of amides is 2. The molecule has 3 aromatic rings. The van der Waals surface area contributed by atoms with Gasteiger partial charge in [-0.2, -0.15) is 0 Å². The molecule has 0 unspecified atom stereocenters. The molecule has 0 aromatic heterocycles. The molecule has 1 atom stereocenters. The lowest BCUT2D eigenvalue weighted by atomic mass is 10.1. The maximum atomic E-state index is 13.0. The van der Waals surface area contributed by atoms with Crippen LogP contribution in [0.2, 0.25) is 5.02 Å². The molecule has 6 nitrogen and oxygen atoms in total. The fourth-order valence-electron chi connectivity index (χ4n) is 3.39. The van der Waals surface area contributed by atoms with Crippen molar-refractivity contribution < 1.29 is 14.3 Å². The van der Waals surface area contributed by atoms with Gasteiger partial charge in [-0.15, -0.1) is 0 Å². The smallest absolute Gasteiger partial charge is 0.242 e. The lowest BCUT2D eigenvalue weighted by Crippen LogP contribution is -2.35. The number of hydrogen-bond donors (Lipinski definition) is 1. The van der Waals surface area contributed by atoms with Crippen LogP contribution in [0.15, 0.2) is 71.7 Å². The highest BCUT2D eigenvalue weighted by atomic mass is 35.5. The molecular weight excluding hydrogens is 446 g/mol. The molecule has 32 heavy (non-hydrogen) atoms. The van der Waals surface area contributed by atoms with E-state index in [2.05, 4.69) is 10.3 Å². The highest BCUT2D eigenvalue weighted by molar-refractivity contribution is 8.15. The van der Waals surface area contributed by atoms with E-state index in [1.54, 1.807) is 36.3 Å². The van der Waals surface area contributed by atoms with Crippen molar-refractivity contribution in [3.8, 4) is 0 Å². The van der Waals surface area contributed by atoms with Crippen molar-refractivity contribution in [2.45, 2.75) is 11.7 Å². The number of methoxy groups -OCH3 is 1. The number of aliphatic imine (C=N–C) groups is 1. The van der Waals surface area contributed by atoms with Gasteiger partial charge in [-0.05, 0) is 47.2 Å². The number of ether oxygens (including phenoxy) is 1. The summed E-state index contributed by atoms with van der Waals surface area (Å²) in [5.41, 5.74) is 1.39.